The highest BCUT2D eigenvalue weighted by Gasteiger charge is 2.48. The summed E-state index contributed by atoms with van der Waals surface area (Å²) in [6.07, 6.45) is -0.419. The van der Waals surface area contributed by atoms with Crippen molar-refractivity contribution in [2.75, 3.05) is 6.54 Å². The van der Waals surface area contributed by atoms with E-state index >= 15 is 0 Å². The average molecular weight is 341 g/mol. The Kier molecular flexibility index (Phi) is 4.92. The van der Waals surface area contributed by atoms with Crippen molar-refractivity contribution in [3.05, 3.63) is 29.1 Å². The Hall–Kier alpha value is -2.05. The van der Waals surface area contributed by atoms with Gasteiger partial charge in [0.2, 0.25) is 0 Å². The van der Waals surface area contributed by atoms with Gasteiger partial charge >= 0.3 is 0 Å². The van der Waals surface area contributed by atoms with Crippen LogP contribution in [0.2, 0.25) is 0 Å². The first kappa shape index (κ1) is 18.3. The molecule has 1 aromatic carbocycles. The number of guanidine groups is 1. The summed E-state index contributed by atoms with van der Waals surface area (Å²) in [7, 11) is 0. The van der Waals surface area contributed by atoms with Crippen LogP contribution in [0.1, 0.15) is 56.1 Å². The third-order valence-electron chi connectivity index (χ3n) is 4.06. The second kappa shape index (κ2) is 6.45. The van der Waals surface area contributed by atoms with Gasteiger partial charge in [0.25, 0.3) is 5.92 Å². The molecule has 4 nitrogen and oxygen atoms in total. The molecule has 2 heterocycles. The van der Waals surface area contributed by atoms with Crippen LogP contribution < -0.4 is 5.73 Å². The van der Waals surface area contributed by atoms with Gasteiger partial charge in [-0.1, -0.05) is 27.7 Å². The zero-order chi connectivity index (χ0) is 18.2. The molecule has 1 saturated heterocycles. The number of nitrogens with two attached hydrogens (primary N) is 1. The van der Waals surface area contributed by atoms with E-state index in [2.05, 4.69) is 4.99 Å². The Balaban J connectivity index is 0.00000100. The number of hydrogen-bond donors (Lipinski definition) is 1. The predicted octanol–water partition coefficient (Wildman–Crippen LogP) is 4.03. The fraction of sp³-hybridized carbons (Fsp3) is 0.529. The Labute approximate surface area is 139 Å². The fourth-order valence-corrected chi connectivity index (χ4v) is 2.97. The van der Waals surface area contributed by atoms with Crippen LogP contribution >= 0.6 is 0 Å². The SMILES string of the molecule is CC.CC(C)C(=O)c1cc2c(cc1F)N=C(N)N1CC(F)(F)CC21. The first-order valence-corrected chi connectivity index (χ1v) is 8.06. The number of aliphatic imine (C=N–C) groups is 1. The molecule has 132 valence electrons. The van der Waals surface area contributed by atoms with Crippen LogP contribution in [0, 0.1) is 11.7 Å². The van der Waals surface area contributed by atoms with Gasteiger partial charge in [0, 0.05) is 24.0 Å². The van der Waals surface area contributed by atoms with Gasteiger partial charge in [-0.25, -0.2) is 18.2 Å². The minimum absolute atomic E-state index is 0.0444. The van der Waals surface area contributed by atoms with Crippen molar-refractivity contribution in [1.29, 1.82) is 0 Å². The van der Waals surface area contributed by atoms with E-state index < -0.39 is 30.7 Å². The third-order valence-corrected chi connectivity index (χ3v) is 4.06. The molecule has 0 saturated carbocycles. The van der Waals surface area contributed by atoms with Crippen molar-refractivity contribution in [2.45, 2.75) is 46.1 Å². The number of carbonyl (C=O) groups is 1. The first-order valence-electron chi connectivity index (χ1n) is 8.06. The Morgan fingerprint density at radius 1 is 1.38 bits per heavy atom. The number of nitrogens with zero attached hydrogens (tertiary/aromatic N) is 2. The smallest absolute Gasteiger partial charge is 0.267 e. The summed E-state index contributed by atoms with van der Waals surface area (Å²) in [6, 6.07) is 1.77. The monoisotopic (exact) mass is 341 g/mol. The highest BCUT2D eigenvalue weighted by molar-refractivity contribution is 5.98. The van der Waals surface area contributed by atoms with E-state index in [1.54, 1.807) is 13.8 Å². The van der Waals surface area contributed by atoms with Gasteiger partial charge in [0.05, 0.1) is 23.8 Å². The van der Waals surface area contributed by atoms with Crippen LogP contribution in [-0.2, 0) is 0 Å². The third kappa shape index (κ3) is 3.12. The predicted molar refractivity (Wildman–Crippen MR) is 87.2 cm³/mol. The zero-order valence-corrected chi connectivity index (χ0v) is 14.2. The zero-order valence-electron chi connectivity index (χ0n) is 14.2. The Morgan fingerprint density at radius 2 is 2.00 bits per heavy atom. The maximum absolute atomic E-state index is 14.1. The number of alkyl halides is 2. The standard InChI is InChI=1S/C15H16F3N3O.C2H6/c1-7(2)13(22)8-3-9-11(4-10(8)16)20-14(19)21-6-15(17,18)5-12(9)21;1-2/h3-4,7,12H,5-6H2,1-2H3,(H2,19,20);1-2H3. The second-order valence-corrected chi connectivity index (χ2v) is 6.08. The number of rotatable bonds is 2. The van der Waals surface area contributed by atoms with Crippen LogP contribution in [0.3, 0.4) is 0 Å². The van der Waals surface area contributed by atoms with Crippen molar-refractivity contribution in [1.82, 2.24) is 4.90 Å². The molecule has 1 atom stereocenters. The maximum atomic E-state index is 14.1. The topological polar surface area (TPSA) is 58.7 Å². The molecule has 0 aromatic heterocycles. The Bertz CT molecular complexity index is 686. The number of ketones is 1. The van der Waals surface area contributed by atoms with E-state index in [9.17, 15) is 18.0 Å². The van der Waals surface area contributed by atoms with E-state index in [1.807, 2.05) is 13.8 Å². The summed E-state index contributed by atoms with van der Waals surface area (Å²) in [5.74, 6) is -4.38. The summed E-state index contributed by atoms with van der Waals surface area (Å²) in [5, 5.41) is 0. The van der Waals surface area contributed by atoms with Crippen LogP contribution in [0.5, 0.6) is 0 Å². The molecule has 7 heteroatoms. The lowest BCUT2D eigenvalue weighted by Crippen LogP contribution is -2.40. The van der Waals surface area contributed by atoms with Crippen molar-refractivity contribution in [3.63, 3.8) is 0 Å². The molecule has 2 aliphatic rings. The lowest BCUT2D eigenvalue weighted by Gasteiger charge is -2.30. The maximum Gasteiger partial charge on any atom is 0.267 e. The minimum Gasteiger partial charge on any atom is -0.369 e. The lowest BCUT2D eigenvalue weighted by atomic mass is 9.93. The average Bonchev–Trinajstić information content (AvgIpc) is 2.84. The molecular weight excluding hydrogens is 319 g/mol. The molecule has 2 N–H and O–H groups in total. The number of fused-ring (bicyclic) bond motifs is 3. The minimum atomic E-state index is -2.89. The first-order chi connectivity index (χ1) is 11.2. The molecule has 0 aliphatic carbocycles. The largest absolute Gasteiger partial charge is 0.369 e. The van der Waals surface area contributed by atoms with E-state index in [0.29, 0.717) is 5.56 Å². The van der Waals surface area contributed by atoms with Gasteiger partial charge in [-0.2, -0.15) is 0 Å². The van der Waals surface area contributed by atoms with Gasteiger partial charge in [-0.05, 0) is 6.07 Å². The summed E-state index contributed by atoms with van der Waals surface area (Å²) in [4.78, 5) is 17.4. The van der Waals surface area contributed by atoms with Crippen molar-refractivity contribution in [2.24, 2.45) is 16.6 Å². The van der Waals surface area contributed by atoms with E-state index in [-0.39, 0.29) is 28.9 Å². The number of halogens is 3. The quantitative estimate of drug-likeness (QED) is 0.826. The summed E-state index contributed by atoms with van der Waals surface area (Å²) < 4.78 is 41.5. The van der Waals surface area contributed by atoms with E-state index in [4.69, 9.17) is 5.73 Å². The molecule has 2 aliphatic heterocycles. The number of benzene rings is 1. The van der Waals surface area contributed by atoms with Crippen molar-refractivity contribution >= 4 is 17.4 Å². The molecule has 0 bridgehead atoms. The number of hydrogen-bond acceptors (Lipinski definition) is 4. The normalized spacial score (nSPS) is 20.8. The molecule has 1 fully saturated rings. The summed E-state index contributed by atoms with van der Waals surface area (Å²) in [6.45, 7) is 6.80. The fourth-order valence-electron chi connectivity index (χ4n) is 2.97. The van der Waals surface area contributed by atoms with Gasteiger partial charge in [0.15, 0.2) is 11.7 Å². The Morgan fingerprint density at radius 3 is 2.58 bits per heavy atom. The number of carbonyl (C=O) groups excluding carboxylic acids is 1. The molecule has 1 aromatic rings. The summed E-state index contributed by atoms with van der Waals surface area (Å²) in [5.41, 5.74) is 6.27. The highest BCUT2D eigenvalue weighted by atomic mass is 19.3. The lowest BCUT2D eigenvalue weighted by molar-refractivity contribution is 0.0165. The molecular formula is C17H22F3N3O. The van der Waals surface area contributed by atoms with Crippen LogP contribution in [0.25, 0.3) is 0 Å². The van der Waals surface area contributed by atoms with Gasteiger partial charge in [-0.15, -0.1) is 0 Å². The van der Waals surface area contributed by atoms with Crippen LogP contribution in [0.15, 0.2) is 17.1 Å². The van der Waals surface area contributed by atoms with E-state index in [0.717, 1.165) is 6.07 Å². The van der Waals surface area contributed by atoms with Gasteiger partial charge in [-0.3, -0.25) is 4.79 Å². The second-order valence-electron chi connectivity index (χ2n) is 6.08. The van der Waals surface area contributed by atoms with Crippen LogP contribution in [-0.4, -0.2) is 29.1 Å². The van der Waals surface area contributed by atoms with Crippen LogP contribution in [0.4, 0.5) is 18.9 Å². The number of Topliss-reactive ketones (excluding diaryl/α,β-unsaturated/α-hetero) is 1. The molecule has 0 spiro atoms. The van der Waals surface area contributed by atoms with Crippen molar-refractivity contribution in [3.8, 4) is 0 Å². The van der Waals surface area contributed by atoms with E-state index in [1.165, 1.54) is 11.0 Å². The molecule has 3 rings (SSSR count). The van der Waals surface area contributed by atoms with Crippen molar-refractivity contribution < 1.29 is 18.0 Å². The van der Waals surface area contributed by atoms with Gasteiger partial charge < -0.3 is 10.6 Å². The van der Waals surface area contributed by atoms with Gasteiger partial charge in [0.1, 0.15) is 5.82 Å². The molecule has 0 amide bonds. The summed E-state index contributed by atoms with van der Waals surface area (Å²) >= 11 is 0. The molecule has 0 radical (unpaired) electrons. The molecule has 24 heavy (non-hydrogen) atoms. The highest BCUT2D eigenvalue weighted by Crippen LogP contribution is 2.46. The molecule has 1 unspecified atom stereocenters.